The highest BCUT2D eigenvalue weighted by molar-refractivity contribution is 7.80. The van der Waals surface area contributed by atoms with Crippen LogP contribution in [0.25, 0.3) is 0 Å². The summed E-state index contributed by atoms with van der Waals surface area (Å²) in [6.07, 6.45) is 15.8. The number of ether oxygens (including phenoxy) is 4. The van der Waals surface area contributed by atoms with Crippen molar-refractivity contribution in [1.82, 2.24) is 0 Å². The molecule has 2 aliphatic rings. The molecular weight excluding hydrogens is 761 g/mol. The van der Waals surface area contributed by atoms with Crippen LogP contribution in [0.5, 0.6) is 0 Å². The van der Waals surface area contributed by atoms with E-state index in [9.17, 15) is 39.1 Å². The Kier molecular flexibility index (Phi) is 28.9. The number of aliphatic hydroxyl groups is 6. The highest BCUT2D eigenvalue weighted by Crippen LogP contribution is 2.32. The van der Waals surface area contributed by atoms with Gasteiger partial charge in [0, 0.05) is 0 Å². The third kappa shape index (κ3) is 21.7. The predicted octanol–water partition coefficient (Wildman–Crippen LogP) is 6.25. The monoisotopic (exact) mass is 843 g/mol. The minimum Gasteiger partial charge on any atom is -0.394 e. The van der Waals surface area contributed by atoms with Crippen LogP contribution >= 0.6 is 0 Å². The van der Waals surface area contributed by atoms with Crippen LogP contribution in [-0.4, -0.2) is 125 Å². The Bertz CT molecular complexity index is 1040. The zero-order chi connectivity index (χ0) is 41.9. The molecule has 0 unspecified atom stereocenters. The van der Waals surface area contributed by atoms with Crippen molar-refractivity contribution in [2.24, 2.45) is 5.92 Å². The van der Waals surface area contributed by atoms with Crippen LogP contribution in [-0.2, 0) is 33.5 Å². The maximum Gasteiger partial charge on any atom is 0.397 e. The normalized spacial score (nSPS) is 28.4. The summed E-state index contributed by atoms with van der Waals surface area (Å²) in [6.45, 7) is 3.26. The summed E-state index contributed by atoms with van der Waals surface area (Å²) in [5.41, 5.74) is 0. The summed E-state index contributed by atoms with van der Waals surface area (Å²) in [5.74, 6) is 0.220. The van der Waals surface area contributed by atoms with E-state index < -0.39 is 85.0 Å². The standard InChI is InChI=1S/C42H82O14S/c1-3-5-7-9-11-13-15-17-19-21-23-25-27-32(28-26-24-22-20-18-16-14-12-10-8-6-4-2)31-52-41-37(47)36(46)39(34(30-44)54-41)55-42-38(48)40(56-57(49,50)51)35(45)33(29-43)53-42/h32-48H,3-31H2,1-2H3,(H,49,50,51)/t33-,34-,35+,36-,37-,38-,39-,40+,41-,42+/m1/s1. The molecule has 0 radical (unpaired) electrons. The molecule has 2 rings (SSSR count). The first-order valence-electron chi connectivity index (χ1n) is 22.6. The summed E-state index contributed by atoms with van der Waals surface area (Å²) in [5, 5.41) is 63.1. The van der Waals surface area contributed by atoms with Gasteiger partial charge in [0.2, 0.25) is 0 Å². The van der Waals surface area contributed by atoms with E-state index in [4.69, 9.17) is 23.5 Å². The van der Waals surface area contributed by atoms with E-state index in [0.717, 1.165) is 38.5 Å². The zero-order valence-corrected chi connectivity index (χ0v) is 36.1. The molecule has 0 aromatic heterocycles. The molecule has 0 aliphatic carbocycles. The lowest BCUT2D eigenvalue weighted by atomic mass is 9.94. The number of hydrogen-bond acceptors (Lipinski definition) is 13. The molecule has 14 nitrogen and oxygen atoms in total. The molecular formula is C42H82O14S. The van der Waals surface area contributed by atoms with Gasteiger partial charge in [0.25, 0.3) is 0 Å². The Morgan fingerprint density at radius 3 is 1.32 bits per heavy atom. The first-order valence-corrected chi connectivity index (χ1v) is 24.0. The third-order valence-corrected chi connectivity index (χ3v) is 12.1. The van der Waals surface area contributed by atoms with Crippen LogP contribution in [0.15, 0.2) is 0 Å². The van der Waals surface area contributed by atoms with E-state index in [-0.39, 0.29) is 5.92 Å². The first kappa shape index (κ1) is 52.6. The minimum atomic E-state index is -5.15. The average molecular weight is 843 g/mol. The quantitative estimate of drug-likeness (QED) is 0.0277. The van der Waals surface area contributed by atoms with Crippen molar-refractivity contribution in [3.63, 3.8) is 0 Å². The van der Waals surface area contributed by atoms with Crippen molar-refractivity contribution < 1.29 is 66.7 Å². The fraction of sp³-hybridized carbons (Fsp3) is 1.00. The highest BCUT2D eigenvalue weighted by atomic mass is 32.3. The van der Waals surface area contributed by atoms with Crippen molar-refractivity contribution in [1.29, 1.82) is 0 Å². The lowest BCUT2D eigenvalue weighted by molar-refractivity contribution is -0.358. The van der Waals surface area contributed by atoms with Gasteiger partial charge in [-0.05, 0) is 18.8 Å². The Morgan fingerprint density at radius 2 is 0.912 bits per heavy atom. The Morgan fingerprint density at radius 1 is 0.509 bits per heavy atom. The highest BCUT2D eigenvalue weighted by Gasteiger charge is 2.52. The maximum absolute atomic E-state index is 11.4. The third-order valence-electron chi connectivity index (χ3n) is 11.6. The van der Waals surface area contributed by atoms with Gasteiger partial charge < -0.3 is 49.6 Å². The van der Waals surface area contributed by atoms with E-state index >= 15 is 0 Å². The summed E-state index contributed by atoms with van der Waals surface area (Å²) in [7, 11) is -5.15. The van der Waals surface area contributed by atoms with Crippen molar-refractivity contribution in [3.05, 3.63) is 0 Å². The second kappa shape index (κ2) is 31.3. The molecule has 15 heteroatoms. The van der Waals surface area contributed by atoms with Gasteiger partial charge in [0.05, 0.1) is 19.8 Å². The fourth-order valence-electron chi connectivity index (χ4n) is 8.02. The van der Waals surface area contributed by atoms with Gasteiger partial charge in [-0.25, -0.2) is 4.18 Å². The smallest absolute Gasteiger partial charge is 0.394 e. The van der Waals surface area contributed by atoms with E-state index in [1.165, 1.54) is 128 Å². The molecule has 0 amide bonds. The summed E-state index contributed by atoms with van der Waals surface area (Å²) >= 11 is 0. The molecule has 0 spiro atoms. The summed E-state index contributed by atoms with van der Waals surface area (Å²) < 4.78 is 59.4. The van der Waals surface area contributed by atoms with E-state index in [2.05, 4.69) is 18.0 Å². The fourth-order valence-corrected chi connectivity index (χ4v) is 8.53. The topological polar surface area (TPSA) is 222 Å². The number of aliphatic hydroxyl groups excluding tert-OH is 6. The molecule has 0 aromatic rings. The van der Waals surface area contributed by atoms with Gasteiger partial charge in [-0.1, -0.05) is 168 Å². The van der Waals surface area contributed by atoms with Crippen LogP contribution < -0.4 is 0 Å². The van der Waals surface area contributed by atoms with Crippen molar-refractivity contribution in [3.8, 4) is 0 Å². The Hall–Kier alpha value is -0.530. The molecule has 2 fully saturated rings. The van der Waals surface area contributed by atoms with Gasteiger partial charge in [-0.15, -0.1) is 0 Å². The molecule has 0 saturated carbocycles. The second-order valence-corrected chi connectivity index (χ2v) is 17.6. The Labute approximate surface area is 344 Å². The Balaban J connectivity index is 1.89. The van der Waals surface area contributed by atoms with Crippen LogP contribution in [0.3, 0.4) is 0 Å². The van der Waals surface area contributed by atoms with Gasteiger partial charge in [0.1, 0.15) is 48.8 Å². The number of unbranched alkanes of at least 4 members (excludes halogenated alkanes) is 22. The average Bonchev–Trinajstić information content (AvgIpc) is 3.18. The zero-order valence-electron chi connectivity index (χ0n) is 35.3. The molecule has 0 aromatic carbocycles. The van der Waals surface area contributed by atoms with Gasteiger partial charge in [-0.3, -0.25) is 4.55 Å². The molecule has 7 N–H and O–H groups in total. The van der Waals surface area contributed by atoms with Gasteiger partial charge in [-0.2, -0.15) is 8.42 Å². The van der Waals surface area contributed by atoms with Crippen LogP contribution in [0.4, 0.5) is 0 Å². The van der Waals surface area contributed by atoms with Crippen molar-refractivity contribution in [2.75, 3.05) is 19.8 Å². The molecule has 2 aliphatic heterocycles. The van der Waals surface area contributed by atoms with E-state index in [1.807, 2.05) is 0 Å². The van der Waals surface area contributed by atoms with Crippen molar-refractivity contribution >= 4 is 10.4 Å². The molecule has 10 atom stereocenters. The number of rotatable bonds is 35. The van der Waals surface area contributed by atoms with Crippen LogP contribution in [0.1, 0.15) is 181 Å². The molecule has 2 saturated heterocycles. The van der Waals surface area contributed by atoms with Crippen LogP contribution in [0.2, 0.25) is 0 Å². The second-order valence-electron chi connectivity index (χ2n) is 16.6. The summed E-state index contributed by atoms with van der Waals surface area (Å²) in [6, 6.07) is 0. The SMILES string of the molecule is CCCCCCCCCCCCCCC(CCCCCCCCCCCCCC)CO[C@@H]1O[C@H](CO)[C@@H](O[C@@H]2O[C@H](CO)[C@H](O)[C@H](OS(=O)(=O)O)[C@H]2O)[C@H](O)[C@H]1O. The lowest BCUT2D eigenvalue weighted by Crippen LogP contribution is -2.65. The molecule has 340 valence electrons. The number of hydrogen-bond donors (Lipinski definition) is 7. The molecule has 0 bridgehead atoms. The lowest BCUT2D eigenvalue weighted by Gasteiger charge is -2.46. The van der Waals surface area contributed by atoms with Gasteiger partial charge >= 0.3 is 10.4 Å². The predicted molar refractivity (Wildman–Crippen MR) is 218 cm³/mol. The molecule has 2 heterocycles. The largest absolute Gasteiger partial charge is 0.397 e. The first-order chi connectivity index (χ1) is 27.5. The molecule has 57 heavy (non-hydrogen) atoms. The van der Waals surface area contributed by atoms with Crippen molar-refractivity contribution in [2.45, 2.75) is 242 Å². The van der Waals surface area contributed by atoms with E-state index in [0.29, 0.717) is 6.61 Å². The minimum absolute atomic E-state index is 0.220. The maximum atomic E-state index is 11.4. The summed E-state index contributed by atoms with van der Waals surface area (Å²) in [4.78, 5) is 0. The van der Waals surface area contributed by atoms with E-state index in [1.54, 1.807) is 0 Å². The van der Waals surface area contributed by atoms with Crippen LogP contribution in [0, 0.1) is 5.92 Å². The van der Waals surface area contributed by atoms with Gasteiger partial charge in [0.15, 0.2) is 12.6 Å².